The summed E-state index contributed by atoms with van der Waals surface area (Å²) in [6.45, 7) is -0.265. The van der Waals surface area contributed by atoms with E-state index in [1.807, 2.05) is 54.6 Å². The quantitative estimate of drug-likeness (QED) is 0.257. The first kappa shape index (κ1) is 22.7. The Kier molecular flexibility index (Phi) is 5.99. The predicted molar refractivity (Wildman–Crippen MR) is 137 cm³/mol. The Labute approximate surface area is 206 Å². The molecule has 0 saturated carbocycles. The van der Waals surface area contributed by atoms with Crippen molar-refractivity contribution >= 4 is 45.3 Å². The second-order valence-corrected chi connectivity index (χ2v) is 8.58. The van der Waals surface area contributed by atoms with Crippen LogP contribution in [0.15, 0.2) is 84.9 Å². The SMILES string of the molecule is NC(=O)c1cccc2c1c1c(OC(=O)CO)cc(-c3ccc(Cl)cc3)cc1n2Cc1ccccc1. The van der Waals surface area contributed by atoms with Gasteiger partial charge >= 0.3 is 5.97 Å². The van der Waals surface area contributed by atoms with Gasteiger partial charge < -0.3 is 20.1 Å². The summed E-state index contributed by atoms with van der Waals surface area (Å²) in [5.74, 6) is -1.16. The van der Waals surface area contributed by atoms with Crippen molar-refractivity contribution in [3.05, 3.63) is 101 Å². The summed E-state index contributed by atoms with van der Waals surface area (Å²) in [5, 5.41) is 11.1. The van der Waals surface area contributed by atoms with Crippen molar-refractivity contribution in [2.75, 3.05) is 6.61 Å². The highest BCUT2D eigenvalue weighted by Gasteiger charge is 2.22. The summed E-state index contributed by atoms with van der Waals surface area (Å²) < 4.78 is 7.66. The van der Waals surface area contributed by atoms with Gasteiger partial charge in [0.1, 0.15) is 12.4 Å². The van der Waals surface area contributed by atoms with Crippen LogP contribution in [0.25, 0.3) is 32.9 Å². The Balaban J connectivity index is 1.89. The van der Waals surface area contributed by atoms with E-state index in [1.165, 1.54) is 0 Å². The molecule has 0 aliphatic heterocycles. The molecule has 0 saturated heterocycles. The third-order valence-corrected chi connectivity index (χ3v) is 6.19. The smallest absolute Gasteiger partial charge is 0.337 e. The second kappa shape index (κ2) is 9.25. The van der Waals surface area contributed by atoms with Gasteiger partial charge in [0.05, 0.1) is 16.4 Å². The second-order valence-electron chi connectivity index (χ2n) is 8.14. The molecule has 0 aliphatic rings. The topological polar surface area (TPSA) is 94.6 Å². The predicted octanol–water partition coefficient (Wildman–Crippen LogP) is 5.16. The van der Waals surface area contributed by atoms with Crippen molar-refractivity contribution in [3.8, 4) is 16.9 Å². The molecule has 0 spiro atoms. The van der Waals surface area contributed by atoms with E-state index >= 15 is 0 Å². The Morgan fingerprint density at radius 3 is 2.29 bits per heavy atom. The number of esters is 1. The molecule has 5 aromatic rings. The number of carbonyl (C=O) groups excluding carboxylic acids is 2. The number of aromatic nitrogens is 1. The highest BCUT2D eigenvalue weighted by atomic mass is 35.5. The number of nitrogens with zero attached hydrogens (tertiary/aromatic N) is 1. The largest absolute Gasteiger partial charge is 0.424 e. The minimum Gasteiger partial charge on any atom is -0.424 e. The summed E-state index contributed by atoms with van der Waals surface area (Å²) in [6.07, 6.45) is 0. The molecule has 1 amide bonds. The zero-order valence-electron chi connectivity index (χ0n) is 18.6. The van der Waals surface area contributed by atoms with Gasteiger partial charge in [-0.3, -0.25) is 4.79 Å². The molecule has 1 heterocycles. The van der Waals surface area contributed by atoms with Gasteiger partial charge in [0, 0.05) is 22.5 Å². The van der Waals surface area contributed by atoms with Crippen molar-refractivity contribution in [3.63, 3.8) is 0 Å². The maximum Gasteiger partial charge on any atom is 0.337 e. The van der Waals surface area contributed by atoms with Gasteiger partial charge in [-0.15, -0.1) is 0 Å². The molecule has 0 aliphatic carbocycles. The molecule has 1 aromatic heterocycles. The molecule has 5 rings (SSSR count). The standard InChI is InChI=1S/C28H21ClN2O4/c29-20-11-9-18(10-12-20)19-13-23-27(24(14-19)35-25(33)16-32)26-21(28(30)34)7-4-8-22(26)31(23)15-17-5-2-1-3-6-17/h1-14,32H,15-16H2,(H2,30,34). The van der Waals surface area contributed by atoms with Gasteiger partial charge in [-0.2, -0.15) is 0 Å². The monoisotopic (exact) mass is 484 g/mol. The van der Waals surface area contributed by atoms with E-state index < -0.39 is 18.5 Å². The Bertz CT molecular complexity index is 1570. The number of amides is 1. The molecular formula is C28H21ClN2O4. The molecule has 3 N–H and O–H groups in total. The van der Waals surface area contributed by atoms with Crippen LogP contribution in [0.5, 0.6) is 5.75 Å². The van der Waals surface area contributed by atoms with Crippen molar-refractivity contribution in [1.29, 1.82) is 0 Å². The number of carbonyl (C=O) groups is 2. The molecule has 4 aromatic carbocycles. The molecule has 0 radical (unpaired) electrons. The van der Waals surface area contributed by atoms with E-state index in [2.05, 4.69) is 4.57 Å². The maximum atomic E-state index is 12.4. The lowest BCUT2D eigenvalue weighted by molar-refractivity contribution is -0.137. The molecule has 7 heteroatoms. The van der Waals surface area contributed by atoms with E-state index in [-0.39, 0.29) is 5.75 Å². The fraction of sp³-hybridized carbons (Fsp3) is 0.0714. The van der Waals surface area contributed by atoms with Gasteiger partial charge in [0.15, 0.2) is 0 Å². The highest BCUT2D eigenvalue weighted by molar-refractivity contribution is 6.30. The fourth-order valence-electron chi connectivity index (χ4n) is 4.41. The van der Waals surface area contributed by atoms with Crippen LogP contribution in [0.4, 0.5) is 0 Å². The Morgan fingerprint density at radius 1 is 0.857 bits per heavy atom. The van der Waals surface area contributed by atoms with E-state index in [9.17, 15) is 14.7 Å². The average molecular weight is 485 g/mol. The van der Waals surface area contributed by atoms with E-state index in [4.69, 9.17) is 22.1 Å². The van der Waals surface area contributed by atoms with E-state index in [0.29, 0.717) is 27.9 Å². The number of benzene rings is 4. The zero-order chi connectivity index (χ0) is 24.5. The van der Waals surface area contributed by atoms with Crippen LogP contribution in [0.3, 0.4) is 0 Å². The van der Waals surface area contributed by atoms with Crippen molar-refractivity contribution < 1.29 is 19.4 Å². The van der Waals surface area contributed by atoms with Crippen molar-refractivity contribution in [2.24, 2.45) is 5.73 Å². The van der Waals surface area contributed by atoms with E-state index in [0.717, 1.165) is 27.7 Å². The zero-order valence-corrected chi connectivity index (χ0v) is 19.3. The Hall–Kier alpha value is -4.13. The average Bonchev–Trinajstić information content (AvgIpc) is 3.18. The molecule has 0 unspecified atom stereocenters. The first-order chi connectivity index (χ1) is 17.0. The van der Waals surface area contributed by atoms with Gasteiger partial charge in [-0.25, -0.2) is 4.79 Å². The summed E-state index contributed by atoms with van der Waals surface area (Å²) in [7, 11) is 0. The molecule has 35 heavy (non-hydrogen) atoms. The number of primary amides is 1. The molecule has 174 valence electrons. The highest BCUT2D eigenvalue weighted by Crippen LogP contribution is 2.41. The van der Waals surface area contributed by atoms with Crippen LogP contribution in [0.1, 0.15) is 15.9 Å². The number of hydrogen-bond donors (Lipinski definition) is 2. The maximum absolute atomic E-state index is 12.4. The molecule has 0 bridgehead atoms. The van der Waals surface area contributed by atoms with E-state index in [1.54, 1.807) is 30.3 Å². The van der Waals surface area contributed by atoms with Crippen LogP contribution < -0.4 is 10.5 Å². The first-order valence-electron chi connectivity index (χ1n) is 11.0. The molecular weight excluding hydrogens is 464 g/mol. The molecule has 6 nitrogen and oxygen atoms in total. The minimum absolute atomic E-state index is 0.233. The third kappa shape index (κ3) is 4.25. The molecule has 0 fully saturated rings. The van der Waals surface area contributed by atoms with Crippen molar-refractivity contribution in [1.82, 2.24) is 4.57 Å². The first-order valence-corrected chi connectivity index (χ1v) is 11.3. The van der Waals surface area contributed by atoms with Crippen LogP contribution in [0.2, 0.25) is 5.02 Å². The van der Waals surface area contributed by atoms with Gasteiger partial charge in [0.2, 0.25) is 5.91 Å². The lowest BCUT2D eigenvalue weighted by Gasteiger charge is -2.12. The van der Waals surface area contributed by atoms with Gasteiger partial charge in [-0.05, 0) is 53.1 Å². The fourth-order valence-corrected chi connectivity index (χ4v) is 4.53. The number of nitrogens with two attached hydrogens (primary N) is 1. The number of aliphatic hydroxyl groups is 1. The van der Waals surface area contributed by atoms with Crippen LogP contribution >= 0.6 is 11.6 Å². The summed E-state index contributed by atoms with van der Waals surface area (Å²) in [6, 6.07) is 26.3. The number of ether oxygens (including phenoxy) is 1. The normalized spacial score (nSPS) is 11.1. The Morgan fingerprint density at radius 2 is 1.60 bits per heavy atom. The minimum atomic E-state index is -0.805. The number of aliphatic hydroxyl groups excluding tert-OH is 1. The summed E-state index contributed by atoms with van der Waals surface area (Å²) in [5.41, 5.74) is 10.3. The lowest BCUT2D eigenvalue weighted by Crippen LogP contribution is -2.13. The van der Waals surface area contributed by atoms with Crippen LogP contribution in [-0.2, 0) is 11.3 Å². The third-order valence-electron chi connectivity index (χ3n) is 5.93. The number of halogens is 1. The van der Waals surface area contributed by atoms with Crippen LogP contribution in [0, 0.1) is 0 Å². The van der Waals surface area contributed by atoms with Gasteiger partial charge in [-0.1, -0.05) is 60.1 Å². The van der Waals surface area contributed by atoms with Crippen LogP contribution in [-0.4, -0.2) is 28.2 Å². The summed E-state index contributed by atoms with van der Waals surface area (Å²) >= 11 is 6.08. The van der Waals surface area contributed by atoms with Gasteiger partial charge in [0.25, 0.3) is 0 Å². The molecule has 0 atom stereocenters. The lowest BCUT2D eigenvalue weighted by atomic mass is 10.0. The number of rotatable bonds is 6. The number of hydrogen-bond acceptors (Lipinski definition) is 4. The number of fused-ring (bicyclic) bond motifs is 3. The van der Waals surface area contributed by atoms with Crippen molar-refractivity contribution in [2.45, 2.75) is 6.54 Å². The summed E-state index contributed by atoms with van der Waals surface area (Å²) in [4.78, 5) is 24.6.